The molecule has 2 heterocycles. The largest absolute Gasteiger partial charge is 0.462 e. The zero-order valence-corrected chi connectivity index (χ0v) is 20.7. The number of amides is 1. The molecular weight excluding hydrogens is 444 g/mol. The molecule has 2 aromatic carbocycles. The first-order valence-electron chi connectivity index (χ1n) is 11.4. The molecule has 4 rings (SSSR count). The Balaban J connectivity index is 1.72. The Morgan fingerprint density at radius 2 is 1.76 bits per heavy atom. The SMILES string of the molecule is CCOC(=O)c1cc(C)sc1NC(=O)c1cc(-c2ccc(CC(C)C)cc2)nc2ccccc12. The Labute approximate surface area is 203 Å². The maximum Gasteiger partial charge on any atom is 0.341 e. The predicted molar refractivity (Wildman–Crippen MR) is 139 cm³/mol. The zero-order chi connectivity index (χ0) is 24.2. The number of anilines is 1. The maximum absolute atomic E-state index is 13.4. The summed E-state index contributed by atoms with van der Waals surface area (Å²) in [5.74, 6) is -0.145. The molecule has 0 atom stereocenters. The van der Waals surface area contributed by atoms with Crippen molar-refractivity contribution in [2.24, 2.45) is 5.92 Å². The van der Waals surface area contributed by atoms with Crippen LogP contribution in [0.25, 0.3) is 22.2 Å². The smallest absolute Gasteiger partial charge is 0.341 e. The normalized spacial score (nSPS) is 11.1. The van der Waals surface area contributed by atoms with Crippen LogP contribution in [-0.2, 0) is 11.2 Å². The molecule has 5 nitrogen and oxygen atoms in total. The number of nitrogens with one attached hydrogen (secondary N) is 1. The number of fused-ring (bicyclic) bond motifs is 1. The third-order valence-electron chi connectivity index (χ3n) is 5.43. The minimum Gasteiger partial charge on any atom is -0.462 e. The topological polar surface area (TPSA) is 68.3 Å². The van der Waals surface area contributed by atoms with E-state index in [9.17, 15) is 9.59 Å². The first kappa shape index (κ1) is 23.6. The highest BCUT2D eigenvalue weighted by atomic mass is 32.1. The molecule has 0 radical (unpaired) electrons. The molecule has 0 saturated heterocycles. The van der Waals surface area contributed by atoms with Crippen molar-refractivity contribution in [1.29, 1.82) is 0 Å². The number of aryl methyl sites for hydroxylation is 1. The molecule has 1 amide bonds. The second-order valence-electron chi connectivity index (χ2n) is 8.64. The number of carbonyl (C=O) groups excluding carboxylic acids is 2. The van der Waals surface area contributed by atoms with Gasteiger partial charge in [-0.2, -0.15) is 0 Å². The van der Waals surface area contributed by atoms with Gasteiger partial charge < -0.3 is 10.1 Å². The third kappa shape index (κ3) is 5.18. The van der Waals surface area contributed by atoms with E-state index in [-0.39, 0.29) is 12.5 Å². The van der Waals surface area contributed by atoms with E-state index in [2.05, 4.69) is 43.4 Å². The quantitative estimate of drug-likeness (QED) is 0.297. The van der Waals surface area contributed by atoms with Crippen LogP contribution >= 0.6 is 11.3 Å². The maximum atomic E-state index is 13.4. The monoisotopic (exact) mass is 472 g/mol. The van der Waals surface area contributed by atoms with E-state index in [0.29, 0.717) is 22.0 Å². The predicted octanol–water partition coefficient (Wildman–Crippen LogP) is 6.90. The standard InChI is InChI=1S/C28H28N2O3S/c1-5-33-28(32)23-15-18(4)34-27(23)30-26(31)22-16-25(29-24-9-7-6-8-21(22)24)20-12-10-19(11-13-20)14-17(2)3/h6-13,15-17H,5,14H2,1-4H3,(H,30,31). The highest BCUT2D eigenvalue weighted by Crippen LogP contribution is 2.31. The molecule has 2 aromatic heterocycles. The molecule has 0 unspecified atom stereocenters. The second kappa shape index (κ2) is 10.2. The fourth-order valence-electron chi connectivity index (χ4n) is 3.93. The van der Waals surface area contributed by atoms with Gasteiger partial charge in [0.1, 0.15) is 5.00 Å². The van der Waals surface area contributed by atoms with Crippen molar-refractivity contribution in [3.63, 3.8) is 0 Å². The number of ether oxygens (including phenoxy) is 1. The van der Waals surface area contributed by atoms with Gasteiger partial charge in [0.25, 0.3) is 5.91 Å². The van der Waals surface area contributed by atoms with Gasteiger partial charge in [0.05, 0.1) is 28.9 Å². The first-order valence-corrected chi connectivity index (χ1v) is 12.3. The average Bonchev–Trinajstić information content (AvgIpc) is 3.18. The van der Waals surface area contributed by atoms with Crippen molar-refractivity contribution in [1.82, 2.24) is 4.98 Å². The van der Waals surface area contributed by atoms with Crippen molar-refractivity contribution in [3.05, 3.63) is 82.2 Å². The van der Waals surface area contributed by atoms with Crippen LogP contribution in [0.5, 0.6) is 0 Å². The summed E-state index contributed by atoms with van der Waals surface area (Å²) in [5, 5.41) is 4.18. The van der Waals surface area contributed by atoms with E-state index in [4.69, 9.17) is 9.72 Å². The minimum atomic E-state index is -0.441. The van der Waals surface area contributed by atoms with Gasteiger partial charge in [0, 0.05) is 15.8 Å². The number of esters is 1. The number of hydrogen-bond donors (Lipinski definition) is 1. The van der Waals surface area contributed by atoms with E-state index in [1.54, 1.807) is 13.0 Å². The van der Waals surface area contributed by atoms with Crippen LogP contribution in [0.1, 0.15) is 51.9 Å². The number of pyridine rings is 1. The average molecular weight is 473 g/mol. The molecule has 0 spiro atoms. The molecule has 4 aromatic rings. The van der Waals surface area contributed by atoms with Gasteiger partial charge in [-0.3, -0.25) is 4.79 Å². The molecule has 34 heavy (non-hydrogen) atoms. The van der Waals surface area contributed by atoms with Crippen LogP contribution < -0.4 is 5.32 Å². The summed E-state index contributed by atoms with van der Waals surface area (Å²) in [6.07, 6.45) is 1.02. The molecule has 0 aliphatic carbocycles. The van der Waals surface area contributed by atoms with E-state index in [1.807, 2.05) is 37.3 Å². The van der Waals surface area contributed by atoms with E-state index in [1.165, 1.54) is 16.9 Å². The van der Waals surface area contributed by atoms with Gasteiger partial charge in [0.15, 0.2) is 0 Å². The number of para-hydroxylation sites is 1. The van der Waals surface area contributed by atoms with Gasteiger partial charge in [-0.15, -0.1) is 11.3 Å². The van der Waals surface area contributed by atoms with E-state index in [0.717, 1.165) is 33.5 Å². The molecule has 0 saturated carbocycles. The lowest BCUT2D eigenvalue weighted by molar-refractivity contribution is 0.0528. The van der Waals surface area contributed by atoms with Crippen molar-refractivity contribution < 1.29 is 14.3 Å². The third-order valence-corrected chi connectivity index (χ3v) is 6.40. The molecule has 1 N–H and O–H groups in total. The van der Waals surface area contributed by atoms with Gasteiger partial charge in [-0.25, -0.2) is 9.78 Å². The summed E-state index contributed by atoms with van der Waals surface area (Å²) in [6.45, 7) is 8.33. The minimum absolute atomic E-state index is 0.273. The number of nitrogens with zero attached hydrogens (tertiary/aromatic N) is 1. The highest BCUT2D eigenvalue weighted by molar-refractivity contribution is 7.16. The Kier molecular flexibility index (Phi) is 7.08. The molecule has 0 aliphatic heterocycles. The number of rotatable bonds is 7. The second-order valence-corrected chi connectivity index (χ2v) is 9.90. The summed E-state index contributed by atoms with van der Waals surface area (Å²) < 4.78 is 5.16. The van der Waals surface area contributed by atoms with Crippen LogP contribution in [0.3, 0.4) is 0 Å². The van der Waals surface area contributed by atoms with Crippen LogP contribution in [0.2, 0.25) is 0 Å². The Hall–Kier alpha value is -3.51. The number of thiophene rings is 1. The van der Waals surface area contributed by atoms with Crippen LogP contribution in [0.4, 0.5) is 5.00 Å². The lowest BCUT2D eigenvalue weighted by Gasteiger charge is -2.11. The molecular formula is C28H28N2O3S. The lowest BCUT2D eigenvalue weighted by atomic mass is 9.99. The summed E-state index contributed by atoms with van der Waals surface area (Å²) in [7, 11) is 0. The Morgan fingerprint density at radius 3 is 2.47 bits per heavy atom. The molecule has 174 valence electrons. The Morgan fingerprint density at radius 1 is 1.03 bits per heavy atom. The number of carbonyl (C=O) groups is 2. The van der Waals surface area contributed by atoms with E-state index >= 15 is 0 Å². The number of aromatic nitrogens is 1. The van der Waals surface area contributed by atoms with Gasteiger partial charge >= 0.3 is 5.97 Å². The van der Waals surface area contributed by atoms with Gasteiger partial charge in [-0.1, -0.05) is 56.3 Å². The Bertz CT molecular complexity index is 1340. The van der Waals surface area contributed by atoms with Crippen LogP contribution in [0, 0.1) is 12.8 Å². The van der Waals surface area contributed by atoms with Crippen molar-refractivity contribution in [2.45, 2.75) is 34.1 Å². The van der Waals surface area contributed by atoms with Crippen molar-refractivity contribution >= 4 is 39.1 Å². The first-order chi connectivity index (χ1) is 16.4. The molecule has 0 bridgehead atoms. The van der Waals surface area contributed by atoms with Crippen molar-refractivity contribution in [3.8, 4) is 11.3 Å². The lowest BCUT2D eigenvalue weighted by Crippen LogP contribution is -2.15. The van der Waals surface area contributed by atoms with E-state index < -0.39 is 5.97 Å². The summed E-state index contributed by atoms with van der Waals surface area (Å²) in [4.78, 5) is 31.5. The molecule has 0 aliphatic rings. The summed E-state index contributed by atoms with van der Waals surface area (Å²) >= 11 is 1.36. The fraction of sp³-hybridized carbons (Fsp3) is 0.250. The van der Waals surface area contributed by atoms with Crippen LogP contribution in [0.15, 0.2) is 60.7 Å². The summed E-state index contributed by atoms with van der Waals surface area (Å²) in [5.41, 5.74) is 4.57. The van der Waals surface area contributed by atoms with Gasteiger partial charge in [-0.05, 0) is 49.9 Å². The number of benzene rings is 2. The fourth-order valence-corrected chi connectivity index (χ4v) is 4.83. The summed E-state index contributed by atoms with van der Waals surface area (Å²) in [6, 6.07) is 19.5. The number of hydrogen-bond acceptors (Lipinski definition) is 5. The van der Waals surface area contributed by atoms with Crippen LogP contribution in [-0.4, -0.2) is 23.5 Å². The zero-order valence-electron chi connectivity index (χ0n) is 19.8. The molecule has 0 fully saturated rings. The van der Waals surface area contributed by atoms with Gasteiger partial charge in [0.2, 0.25) is 0 Å². The molecule has 6 heteroatoms. The highest BCUT2D eigenvalue weighted by Gasteiger charge is 2.20. The van der Waals surface area contributed by atoms with Crippen molar-refractivity contribution in [2.75, 3.05) is 11.9 Å².